The Labute approximate surface area is 109 Å². The van der Waals surface area contributed by atoms with Crippen molar-refractivity contribution in [2.75, 3.05) is 13.1 Å². The fourth-order valence-corrected chi connectivity index (χ4v) is 2.75. The maximum atomic E-state index is 12.3. The fraction of sp³-hybridized carbons (Fsp3) is 0.643. The van der Waals surface area contributed by atoms with Crippen LogP contribution in [-0.2, 0) is 0 Å². The van der Waals surface area contributed by atoms with E-state index in [1.807, 2.05) is 24.0 Å². The molecule has 2 nitrogen and oxygen atoms in total. The Hall–Kier alpha value is -0.830. The summed E-state index contributed by atoms with van der Waals surface area (Å²) in [6.45, 7) is 10.2. The third kappa shape index (κ3) is 3.84. The van der Waals surface area contributed by atoms with Crippen LogP contribution in [0.25, 0.3) is 0 Å². The number of hydrogen-bond donors (Lipinski definition) is 0. The molecule has 17 heavy (non-hydrogen) atoms. The van der Waals surface area contributed by atoms with Crippen LogP contribution in [0.5, 0.6) is 0 Å². The van der Waals surface area contributed by atoms with E-state index in [1.165, 1.54) is 4.88 Å². The molecule has 0 aromatic carbocycles. The summed E-state index contributed by atoms with van der Waals surface area (Å²) in [5, 5.41) is 0. The predicted molar refractivity (Wildman–Crippen MR) is 74.7 cm³/mol. The second kappa shape index (κ2) is 6.80. The highest BCUT2D eigenvalue weighted by Crippen LogP contribution is 2.19. The van der Waals surface area contributed by atoms with E-state index in [0.717, 1.165) is 30.8 Å². The van der Waals surface area contributed by atoms with Crippen molar-refractivity contribution >= 4 is 17.2 Å². The molecule has 0 unspecified atom stereocenters. The molecule has 0 atom stereocenters. The van der Waals surface area contributed by atoms with Gasteiger partial charge in [0, 0.05) is 18.0 Å². The molecule has 0 aliphatic rings. The van der Waals surface area contributed by atoms with Crippen LogP contribution in [0.3, 0.4) is 0 Å². The van der Waals surface area contributed by atoms with Gasteiger partial charge in [-0.1, -0.05) is 26.7 Å². The smallest absolute Gasteiger partial charge is 0.263 e. The molecular formula is C14H23NOS. The van der Waals surface area contributed by atoms with Gasteiger partial charge in [0.05, 0.1) is 4.88 Å². The molecule has 1 heterocycles. The van der Waals surface area contributed by atoms with Gasteiger partial charge in [-0.05, 0) is 31.9 Å². The topological polar surface area (TPSA) is 20.3 Å². The van der Waals surface area contributed by atoms with Gasteiger partial charge in [0.25, 0.3) is 5.91 Å². The van der Waals surface area contributed by atoms with Gasteiger partial charge in [0.15, 0.2) is 0 Å². The lowest BCUT2D eigenvalue weighted by Gasteiger charge is -2.25. The molecule has 0 aliphatic heterocycles. The summed E-state index contributed by atoms with van der Waals surface area (Å²) >= 11 is 1.59. The zero-order chi connectivity index (χ0) is 12.8. The van der Waals surface area contributed by atoms with Crippen molar-refractivity contribution in [2.45, 2.75) is 40.5 Å². The number of amides is 1. The molecule has 0 saturated heterocycles. The summed E-state index contributed by atoms with van der Waals surface area (Å²) in [5.41, 5.74) is 0. The van der Waals surface area contributed by atoms with Crippen LogP contribution >= 0.6 is 11.3 Å². The van der Waals surface area contributed by atoms with Crippen LogP contribution in [0, 0.1) is 12.8 Å². The van der Waals surface area contributed by atoms with Gasteiger partial charge in [-0.2, -0.15) is 0 Å². The fourth-order valence-electron chi connectivity index (χ4n) is 1.92. The Morgan fingerprint density at radius 3 is 2.35 bits per heavy atom. The molecule has 0 N–H and O–H groups in total. The van der Waals surface area contributed by atoms with Crippen molar-refractivity contribution in [3.8, 4) is 0 Å². The second-order valence-corrected chi connectivity index (χ2v) is 5.72. The van der Waals surface area contributed by atoms with Crippen molar-refractivity contribution in [3.05, 3.63) is 21.9 Å². The maximum Gasteiger partial charge on any atom is 0.263 e. The average molecular weight is 253 g/mol. The maximum absolute atomic E-state index is 12.3. The van der Waals surface area contributed by atoms with E-state index in [0.29, 0.717) is 5.92 Å². The van der Waals surface area contributed by atoms with E-state index in [1.54, 1.807) is 11.3 Å². The van der Waals surface area contributed by atoms with Crippen molar-refractivity contribution in [2.24, 2.45) is 5.92 Å². The first-order valence-electron chi connectivity index (χ1n) is 6.48. The standard InChI is InChI=1S/C14H23NOS/c1-5-12(6-2)10-15(7-3)14(16)13-9-8-11(4)17-13/h8-9,12H,5-7,10H2,1-4H3. The summed E-state index contributed by atoms with van der Waals surface area (Å²) in [6, 6.07) is 3.96. The Kier molecular flexibility index (Phi) is 5.69. The Morgan fingerprint density at radius 1 is 1.29 bits per heavy atom. The van der Waals surface area contributed by atoms with E-state index in [2.05, 4.69) is 20.8 Å². The van der Waals surface area contributed by atoms with Crippen molar-refractivity contribution in [1.82, 2.24) is 4.90 Å². The minimum atomic E-state index is 0.192. The van der Waals surface area contributed by atoms with Crippen LogP contribution in [0.15, 0.2) is 12.1 Å². The quantitative estimate of drug-likeness (QED) is 0.751. The molecular weight excluding hydrogens is 230 g/mol. The number of carbonyl (C=O) groups is 1. The number of nitrogens with zero attached hydrogens (tertiary/aromatic N) is 1. The number of hydrogen-bond acceptors (Lipinski definition) is 2. The Bertz CT molecular complexity index is 355. The summed E-state index contributed by atoms with van der Waals surface area (Å²) < 4.78 is 0. The van der Waals surface area contributed by atoms with Gasteiger partial charge in [-0.3, -0.25) is 4.79 Å². The molecule has 0 radical (unpaired) electrons. The second-order valence-electron chi connectivity index (χ2n) is 4.44. The van der Waals surface area contributed by atoms with Crippen LogP contribution in [0.1, 0.15) is 48.2 Å². The molecule has 0 fully saturated rings. The summed E-state index contributed by atoms with van der Waals surface area (Å²) in [6.07, 6.45) is 2.29. The third-order valence-corrected chi connectivity index (χ3v) is 4.24. The molecule has 1 aromatic heterocycles. The number of aryl methyl sites for hydroxylation is 1. The molecule has 0 spiro atoms. The SMILES string of the molecule is CCC(CC)CN(CC)C(=O)c1ccc(C)s1. The van der Waals surface area contributed by atoms with Gasteiger partial charge >= 0.3 is 0 Å². The Morgan fingerprint density at radius 2 is 1.94 bits per heavy atom. The van der Waals surface area contributed by atoms with Crippen molar-refractivity contribution < 1.29 is 4.79 Å². The number of rotatable bonds is 6. The lowest BCUT2D eigenvalue weighted by Crippen LogP contribution is -2.34. The zero-order valence-corrected chi connectivity index (χ0v) is 12.1. The van der Waals surface area contributed by atoms with Crippen LogP contribution in [-0.4, -0.2) is 23.9 Å². The number of thiophene rings is 1. The highest BCUT2D eigenvalue weighted by atomic mass is 32.1. The highest BCUT2D eigenvalue weighted by molar-refractivity contribution is 7.13. The van der Waals surface area contributed by atoms with Crippen LogP contribution in [0.2, 0.25) is 0 Å². The first-order valence-corrected chi connectivity index (χ1v) is 7.29. The summed E-state index contributed by atoms with van der Waals surface area (Å²) in [5.74, 6) is 0.817. The van der Waals surface area contributed by atoms with Crippen LogP contribution in [0.4, 0.5) is 0 Å². The first-order chi connectivity index (χ1) is 8.12. The van der Waals surface area contributed by atoms with E-state index >= 15 is 0 Å². The minimum absolute atomic E-state index is 0.192. The van der Waals surface area contributed by atoms with Gasteiger partial charge in [-0.25, -0.2) is 0 Å². The molecule has 1 aromatic rings. The normalized spacial score (nSPS) is 10.9. The third-order valence-electron chi connectivity index (χ3n) is 3.25. The zero-order valence-electron chi connectivity index (χ0n) is 11.3. The van der Waals surface area contributed by atoms with Gasteiger partial charge < -0.3 is 4.90 Å². The summed E-state index contributed by atoms with van der Waals surface area (Å²) in [7, 11) is 0. The van der Waals surface area contributed by atoms with Gasteiger partial charge in [0.1, 0.15) is 0 Å². The minimum Gasteiger partial charge on any atom is -0.338 e. The van der Waals surface area contributed by atoms with Crippen molar-refractivity contribution in [1.29, 1.82) is 0 Å². The molecule has 96 valence electrons. The van der Waals surface area contributed by atoms with Gasteiger partial charge in [0.2, 0.25) is 0 Å². The van der Waals surface area contributed by atoms with Gasteiger partial charge in [-0.15, -0.1) is 11.3 Å². The monoisotopic (exact) mass is 253 g/mol. The van der Waals surface area contributed by atoms with E-state index in [-0.39, 0.29) is 5.91 Å². The number of carbonyl (C=O) groups excluding carboxylic acids is 1. The van der Waals surface area contributed by atoms with Crippen LogP contribution < -0.4 is 0 Å². The van der Waals surface area contributed by atoms with Crippen molar-refractivity contribution in [3.63, 3.8) is 0 Å². The highest BCUT2D eigenvalue weighted by Gasteiger charge is 2.18. The van der Waals surface area contributed by atoms with E-state index in [4.69, 9.17) is 0 Å². The summed E-state index contributed by atoms with van der Waals surface area (Å²) in [4.78, 5) is 16.3. The average Bonchev–Trinajstić information content (AvgIpc) is 2.77. The predicted octanol–water partition coefficient (Wildman–Crippen LogP) is 3.95. The largest absolute Gasteiger partial charge is 0.338 e. The first kappa shape index (κ1) is 14.2. The molecule has 1 rings (SSSR count). The lowest BCUT2D eigenvalue weighted by atomic mass is 10.0. The molecule has 1 amide bonds. The molecule has 0 bridgehead atoms. The Balaban J connectivity index is 2.70. The molecule has 0 aliphatic carbocycles. The van der Waals surface area contributed by atoms with E-state index in [9.17, 15) is 4.79 Å². The molecule has 3 heteroatoms. The van der Waals surface area contributed by atoms with E-state index < -0.39 is 0 Å². The molecule has 0 saturated carbocycles. The lowest BCUT2D eigenvalue weighted by molar-refractivity contribution is 0.0740.